The summed E-state index contributed by atoms with van der Waals surface area (Å²) in [4.78, 5) is 25.5. The Labute approximate surface area is 142 Å². The number of carbonyl (C=O) groups is 2. The molecule has 25 heavy (non-hydrogen) atoms. The Balaban J connectivity index is 2.01. The number of fused-ring (bicyclic) bond motifs is 1. The molecule has 0 bridgehead atoms. The van der Waals surface area contributed by atoms with Crippen LogP contribution in [0.2, 0.25) is 0 Å². The Morgan fingerprint density at radius 3 is 2.44 bits per heavy atom. The lowest BCUT2D eigenvalue weighted by atomic mass is 10.0. The summed E-state index contributed by atoms with van der Waals surface area (Å²) < 4.78 is 30.1. The van der Waals surface area contributed by atoms with Gasteiger partial charge in [0.2, 0.25) is 0 Å². The van der Waals surface area contributed by atoms with E-state index in [4.69, 9.17) is 0 Å². The minimum absolute atomic E-state index is 0.0110. The number of ether oxygens (including phenoxy) is 1. The fraction of sp³-hybridized carbons (Fsp3) is 0.333. The zero-order valence-corrected chi connectivity index (χ0v) is 13.5. The van der Waals surface area contributed by atoms with E-state index in [2.05, 4.69) is 4.74 Å². The minimum atomic E-state index is -3.06. The molecule has 1 aliphatic heterocycles. The molecule has 132 valence electrons. The molecule has 7 heteroatoms. The number of halogens is 2. The number of hydrogen-bond donors (Lipinski definition) is 1. The standard InChI is InChI=1S/C18H17F2NO4/c1-10-13(17(23)24)6-7-21(10)16(22)14-8-11-4-2-3-5-12(11)9-15(14)25-18(19)20/h2-5,8-10,13,18H,6-7H2,1H3,(H,23,24). The summed E-state index contributed by atoms with van der Waals surface area (Å²) in [6.07, 6.45) is 0.334. The van der Waals surface area contributed by atoms with Crippen LogP contribution in [0.5, 0.6) is 5.75 Å². The molecule has 1 fully saturated rings. The van der Waals surface area contributed by atoms with E-state index in [0.717, 1.165) is 0 Å². The molecule has 0 radical (unpaired) electrons. The Bertz CT molecular complexity index is 824. The molecule has 0 aromatic heterocycles. The molecular weight excluding hydrogens is 332 g/mol. The first-order valence-corrected chi connectivity index (χ1v) is 7.90. The molecule has 3 rings (SSSR count). The van der Waals surface area contributed by atoms with E-state index < -0.39 is 30.4 Å². The average molecular weight is 349 g/mol. The van der Waals surface area contributed by atoms with Crippen molar-refractivity contribution in [3.05, 3.63) is 42.0 Å². The van der Waals surface area contributed by atoms with E-state index in [-0.39, 0.29) is 17.9 Å². The van der Waals surface area contributed by atoms with Gasteiger partial charge in [-0.3, -0.25) is 9.59 Å². The molecule has 1 aliphatic rings. The third kappa shape index (κ3) is 3.26. The first-order valence-electron chi connectivity index (χ1n) is 7.90. The molecule has 0 spiro atoms. The first kappa shape index (κ1) is 17.1. The van der Waals surface area contributed by atoms with Crippen LogP contribution in [-0.2, 0) is 4.79 Å². The van der Waals surface area contributed by atoms with E-state index in [1.54, 1.807) is 31.2 Å². The smallest absolute Gasteiger partial charge is 0.387 e. The van der Waals surface area contributed by atoms with Gasteiger partial charge in [0.15, 0.2) is 0 Å². The number of carboxylic acids is 1. The topological polar surface area (TPSA) is 66.8 Å². The number of nitrogens with zero attached hydrogens (tertiary/aromatic N) is 1. The van der Waals surface area contributed by atoms with E-state index in [9.17, 15) is 23.5 Å². The summed E-state index contributed by atoms with van der Waals surface area (Å²) in [6, 6.07) is 9.45. The highest BCUT2D eigenvalue weighted by Crippen LogP contribution is 2.32. The van der Waals surface area contributed by atoms with Gasteiger partial charge in [0.1, 0.15) is 5.75 Å². The number of alkyl halides is 2. The molecule has 2 aromatic rings. The van der Waals surface area contributed by atoms with Gasteiger partial charge in [-0.05, 0) is 36.2 Å². The second kappa shape index (κ2) is 6.66. The van der Waals surface area contributed by atoms with Gasteiger partial charge in [0.05, 0.1) is 11.5 Å². The van der Waals surface area contributed by atoms with Gasteiger partial charge in [-0.15, -0.1) is 0 Å². The first-order chi connectivity index (χ1) is 11.9. The van der Waals surface area contributed by atoms with Crippen molar-refractivity contribution < 1.29 is 28.2 Å². The number of aliphatic carboxylic acids is 1. The van der Waals surface area contributed by atoms with Crippen molar-refractivity contribution in [2.24, 2.45) is 5.92 Å². The van der Waals surface area contributed by atoms with Crippen LogP contribution in [-0.4, -0.2) is 41.1 Å². The quantitative estimate of drug-likeness (QED) is 0.919. The molecule has 2 aromatic carbocycles. The van der Waals surface area contributed by atoms with Crippen LogP contribution in [0.4, 0.5) is 8.78 Å². The number of carbonyl (C=O) groups excluding carboxylic acids is 1. The summed E-state index contributed by atoms with van der Waals surface area (Å²) in [5, 5.41) is 10.6. The second-order valence-electron chi connectivity index (χ2n) is 6.05. The number of amides is 1. The van der Waals surface area contributed by atoms with E-state index in [1.165, 1.54) is 17.0 Å². The van der Waals surface area contributed by atoms with Crippen LogP contribution in [0.1, 0.15) is 23.7 Å². The molecule has 1 heterocycles. The van der Waals surface area contributed by atoms with Crippen molar-refractivity contribution >= 4 is 22.6 Å². The third-order valence-electron chi connectivity index (χ3n) is 4.63. The number of hydrogen-bond acceptors (Lipinski definition) is 3. The van der Waals surface area contributed by atoms with Crippen molar-refractivity contribution in [3.8, 4) is 5.75 Å². The summed E-state index contributed by atoms with van der Waals surface area (Å²) in [5.74, 6) is -2.34. The molecule has 2 atom stereocenters. The molecular formula is C18H17F2NO4. The predicted octanol–water partition coefficient (Wildman–Crippen LogP) is 3.38. The predicted molar refractivity (Wildman–Crippen MR) is 86.8 cm³/mol. The summed E-state index contributed by atoms with van der Waals surface area (Å²) in [5.41, 5.74) is 0.0110. The summed E-state index contributed by atoms with van der Waals surface area (Å²) >= 11 is 0. The van der Waals surface area contributed by atoms with Crippen molar-refractivity contribution in [1.82, 2.24) is 4.90 Å². The Hall–Kier alpha value is -2.70. The number of carboxylic acid groups (broad SMARTS) is 1. The molecule has 0 saturated carbocycles. The minimum Gasteiger partial charge on any atom is -0.481 e. The lowest BCUT2D eigenvalue weighted by Gasteiger charge is -2.24. The number of likely N-dealkylation sites (tertiary alicyclic amines) is 1. The van der Waals surface area contributed by atoms with Crippen LogP contribution in [0.15, 0.2) is 36.4 Å². The van der Waals surface area contributed by atoms with Gasteiger partial charge in [-0.2, -0.15) is 8.78 Å². The molecule has 1 saturated heterocycles. The highest BCUT2D eigenvalue weighted by Gasteiger charge is 2.39. The number of rotatable bonds is 4. The van der Waals surface area contributed by atoms with Gasteiger partial charge in [-0.25, -0.2) is 0 Å². The van der Waals surface area contributed by atoms with Crippen molar-refractivity contribution in [2.75, 3.05) is 6.54 Å². The van der Waals surface area contributed by atoms with Crippen molar-refractivity contribution in [3.63, 3.8) is 0 Å². The Morgan fingerprint density at radius 1 is 1.24 bits per heavy atom. The largest absolute Gasteiger partial charge is 0.481 e. The van der Waals surface area contributed by atoms with Crippen LogP contribution in [0.25, 0.3) is 10.8 Å². The highest BCUT2D eigenvalue weighted by molar-refractivity contribution is 6.02. The van der Waals surface area contributed by atoms with Gasteiger partial charge in [0, 0.05) is 12.6 Å². The lowest BCUT2D eigenvalue weighted by Crippen LogP contribution is -2.37. The fourth-order valence-electron chi connectivity index (χ4n) is 3.29. The zero-order valence-electron chi connectivity index (χ0n) is 13.5. The van der Waals surface area contributed by atoms with Gasteiger partial charge < -0.3 is 14.7 Å². The van der Waals surface area contributed by atoms with E-state index in [0.29, 0.717) is 17.2 Å². The number of benzene rings is 2. The van der Waals surface area contributed by atoms with E-state index in [1.807, 2.05) is 0 Å². The van der Waals surface area contributed by atoms with Crippen molar-refractivity contribution in [1.29, 1.82) is 0 Å². The molecule has 1 amide bonds. The second-order valence-corrected chi connectivity index (χ2v) is 6.05. The highest BCUT2D eigenvalue weighted by atomic mass is 19.3. The van der Waals surface area contributed by atoms with Crippen LogP contribution in [0.3, 0.4) is 0 Å². The zero-order chi connectivity index (χ0) is 18.1. The summed E-state index contributed by atoms with van der Waals surface area (Å²) in [6.45, 7) is -1.15. The SMILES string of the molecule is CC1C(C(=O)O)CCN1C(=O)c1cc2ccccc2cc1OC(F)F. The molecule has 5 nitrogen and oxygen atoms in total. The lowest BCUT2D eigenvalue weighted by molar-refractivity contribution is -0.142. The van der Waals surface area contributed by atoms with Gasteiger partial charge in [0.25, 0.3) is 5.91 Å². The maximum Gasteiger partial charge on any atom is 0.387 e. The molecule has 2 unspecified atom stereocenters. The van der Waals surface area contributed by atoms with Gasteiger partial charge in [-0.1, -0.05) is 24.3 Å². The average Bonchev–Trinajstić information content (AvgIpc) is 2.95. The normalized spacial score (nSPS) is 20.2. The molecule has 1 N–H and O–H groups in total. The van der Waals surface area contributed by atoms with Crippen molar-refractivity contribution in [2.45, 2.75) is 26.0 Å². The maximum atomic E-state index is 12.9. The van der Waals surface area contributed by atoms with Crippen LogP contribution in [0, 0.1) is 5.92 Å². The van der Waals surface area contributed by atoms with Gasteiger partial charge >= 0.3 is 12.6 Å². The van der Waals surface area contributed by atoms with Crippen LogP contribution >= 0.6 is 0 Å². The van der Waals surface area contributed by atoms with Crippen LogP contribution < -0.4 is 4.74 Å². The third-order valence-corrected chi connectivity index (χ3v) is 4.63. The van der Waals surface area contributed by atoms with E-state index >= 15 is 0 Å². The summed E-state index contributed by atoms with van der Waals surface area (Å²) in [7, 11) is 0. The Morgan fingerprint density at radius 2 is 1.88 bits per heavy atom. The fourth-order valence-corrected chi connectivity index (χ4v) is 3.29. The Kier molecular flexibility index (Phi) is 4.57. The monoisotopic (exact) mass is 349 g/mol. The molecule has 0 aliphatic carbocycles. The maximum absolute atomic E-state index is 12.9.